The smallest absolute Gasteiger partial charge is 0.00385 e. The minimum Gasteiger partial charge on any atom is -0.301 e. The van der Waals surface area contributed by atoms with Gasteiger partial charge >= 0.3 is 0 Å². The van der Waals surface area contributed by atoms with Gasteiger partial charge in [0.25, 0.3) is 0 Å². The fourth-order valence-electron chi connectivity index (χ4n) is 1.95. The SMILES string of the molecule is CCCCC(CC)CN(CC)C(C)C. The first kappa shape index (κ1) is 14.0. The van der Waals surface area contributed by atoms with Gasteiger partial charge in [0.05, 0.1) is 0 Å². The summed E-state index contributed by atoms with van der Waals surface area (Å²) in [4.78, 5) is 2.59. The van der Waals surface area contributed by atoms with Crippen LogP contribution in [0.1, 0.15) is 60.3 Å². The molecule has 0 amide bonds. The van der Waals surface area contributed by atoms with Crippen molar-refractivity contribution in [1.82, 2.24) is 4.90 Å². The predicted molar refractivity (Wildman–Crippen MR) is 65.7 cm³/mol. The van der Waals surface area contributed by atoms with Crippen molar-refractivity contribution in [3.05, 3.63) is 0 Å². The Morgan fingerprint density at radius 2 is 1.71 bits per heavy atom. The zero-order valence-corrected chi connectivity index (χ0v) is 10.8. The minimum absolute atomic E-state index is 0.704. The Bertz CT molecular complexity index is 120. The summed E-state index contributed by atoms with van der Waals surface area (Å²) in [5, 5.41) is 0. The first-order valence-corrected chi connectivity index (χ1v) is 6.39. The second kappa shape index (κ2) is 8.28. The van der Waals surface area contributed by atoms with E-state index in [-0.39, 0.29) is 0 Å². The van der Waals surface area contributed by atoms with Gasteiger partial charge in [-0.2, -0.15) is 0 Å². The predicted octanol–water partition coefficient (Wildman–Crippen LogP) is 3.93. The van der Waals surface area contributed by atoms with Crippen LogP contribution in [0.2, 0.25) is 0 Å². The third-order valence-electron chi connectivity index (χ3n) is 3.17. The first-order chi connectivity index (χ1) is 6.65. The van der Waals surface area contributed by atoms with E-state index in [9.17, 15) is 0 Å². The number of unbranched alkanes of at least 4 members (excludes halogenated alkanes) is 1. The lowest BCUT2D eigenvalue weighted by atomic mass is 9.98. The Balaban J connectivity index is 3.87. The van der Waals surface area contributed by atoms with Crippen LogP contribution >= 0.6 is 0 Å². The van der Waals surface area contributed by atoms with Crippen molar-refractivity contribution in [1.29, 1.82) is 0 Å². The molecule has 0 heterocycles. The monoisotopic (exact) mass is 199 g/mol. The van der Waals surface area contributed by atoms with Gasteiger partial charge in [-0.15, -0.1) is 0 Å². The Kier molecular flexibility index (Phi) is 8.26. The van der Waals surface area contributed by atoms with Gasteiger partial charge in [-0.1, -0.05) is 40.0 Å². The molecule has 0 aromatic rings. The molecular formula is C13H29N. The molecule has 0 aliphatic heterocycles. The Labute approximate surface area is 90.9 Å². The van der Waals surface area contributed by atoms with E-state index in [0.29, 0.717) is 6.04 Å². The van der Waals surface area contributed by atoms with E-state index in [4.69, 9.17) is 0 Å². The highest BCUT2D eigenvalue weighted by molar-refractivity contribution is 4.67. The molecule has 1 nitrogen and oxygen atoms in total. The molecule has 0 rings (SSSR count). The third kappa shape index (κ3) is 5.64. The molecule has 0 spiro atoms. The van der Waals surface area contributed by atoms with Crippen molar-refractivity contribution in [3.8, 4) is 0 Å². The van der Waals surface area contributed by atoms with Gasteiger partial charge in [0.2, 0.25) is 0 Å². The quantitative estimate of drug-likeness (QED) is 0.572. The van der Waals surface area contributed by atoms with Gasteiger partial charge in [-0.3, -0.25) is 0 Å². The molecule has 0 aromatic heterocycles. The fraction of sp³-hybridized carbons (Fsp3) is 1.00. The van der Waals surface area contributed by atoms with E-state index in [2.05, 4.69) is 39.5 Å². The summed E-state index contributed by atoms with van der Waals surface area (Å²) in [6.45, 7) is 14.0. The highest BCUT2D eigenvalue weighted by Crippen LogP contribution is 2.15. The molecule has 1 unspecified atom stereocenters. The Morgan fingerprint density at radius 1 is 1.07 bits per heavy atom. The maximum absolute atomic E-state index is 2.59. The van der Waals surface area contributed by atoms with Crippen molar-refractivity contribution in [2.45, 2.75) is 66.3 Å². The number of nitrogens with zero attached hydrogens (tertiary/aromatic N) is 1. The molecule has 0 fully saturated rings. The van der Waals surface area contributed by atoms with Crippen LogP contribution in [0.5, 0.6) is 0 Å². The molecule has 0 radical (unpaired) electrons. The van der Waals surface area contributed by atoms with E-state index in [0.717, 1.165) is 5.92 Å². The van der Waals surface area contributed by atoms with Crippen molar-refractivity contribution in [2.75, 3.05) is 13.1 Å². The van der Waals surface area contributed by atoms with Gasteiger partial charge in [-0.25, -0.2) is 0 Å². The van der Waals surface area contributed by atoms with Gasteiger partial charge < -0.3 is 4.90 Å². The average Bonchev–Trinajstić information content (AvgIpc) is 2.18. The van der Waals surface area contributed by atoms with Gasteiger partial charge in [0, 0.05) is 12.6 Å². The Morgan fingerprint density at radius 3 is 2.07 bits per heavy atom. The van der Waals surface area contributed by atoms with Crippen molar-refractivity contribution >= 4 is 0 Å². The highest BCUT2D eigenvalue weighted by Gasteiger charge is 2.13. The largest absolute Gasteiger partial charge is 0.301 e. The van der Waals surface area contributed by atoms with E-state index in [1.165, 1.54) is 38.8 Å². The van der Waals surface area contributed by atoms with Gasteiger partial charge in [-0.05, 0) is 32.7 Å². The summed E-state index contributed by atoms with van der Waals surface area (Å²) in [7, 11) is 0. The van der Waals surface area contributed by atoms with Crippen LogP contribution in [-0.4, -0.2) is 24.0 Å². The summed E-state index contributed by atoms with van der Waals surface area (Å²) >= 11 is 0. The van der Waals surface area contributed by atoms with E-state index in [1.807, 2.05) is 0 Å². The first-order valence-electron chi connectivity index (χ1n) is 6.39. The lowest BCUT2D eigenvalue weighted by molar-refractivity contribution is 0.187. The van der Waals surface area contributed by atoms with E-state index < -0.39 is 0 Å². The normalized spacial score (nSPS) is 13.9. The molecule has 0 bridgehead atoms. The van der Waals surface area contributed by atoms with Crippen LogP contribution in [-0.2, 0) is 0 Å². The molecule has 1 atom stereocenters. The molecule has 86 valence electrons. The second-order valence-electron chi connectivity index (χ2n) is 4.60. The summed E-state index contributed by atoms with van der Waals surface area (Å²) in [5.41, 5.74) is 0. The van der Waals surface area contributed by atoms with Crippen molar-refractivity contribution in [2.24, 2.45) is 5.92 Å². The number of hydrogen-bond donors (Lipinski definition) is 0. The van der Waals surface area contributed by atoms with Crippen LogP contribution in [0.3, 0.4) is 0 Å². The second-order valence-corrected chi connectivity index (χ2v) is 4.60. The highest BCUT2D eigenvalue weighted by atomic mass is 15.1. The molecule has 1 heteroatoms. The van der Waals surface area contributed by atoms with Crippen LogP contribution in [0.4, 0.5) is 0 Å². The number of rotatable bonds is 8. The standard InChI is InChI=1S/C13H29N/c1-6-9-10-13(7-2)11-14(8-3)12(4)5/h12-13H,6-11H2,1-5H3. The van der Waals surface area contributed by atoms with Crippen molar-refractivity contribution < 1.29 is 0 Å². The molecule has 0 saturated heterocycles. The summed E-state index contributed by atoms with van der Waals surface area (Å²) in [6, 6.07) is 0.704. The van der Waals surface area contributed by atoms with Gasteiger partial charge in [0.1, 0.15) is 0 Å². The molecule has 0 saturated carbocycles. The van der Waals surface area contributed by atoms with Gasteiger partial charge in [0.15, 0.2) is 0 Å². The fourth-order valence-corrected chi connectivity index (χ4v) is 1.95. The maximum atomic E-state index is 2.59. The Hall–Kier alpha value is -0.0400. The van der Waals surface area contributed by atoms with Crippen LogP contribution in [0.15, 0.2) is 0 Å². The summed E-state index contributed by atoms with van der Waals surface area (Å²) in [6.07, 6.45) is 5.48. The number of hydrogen-bond acceptors (Lipinski definition) is 1. The molecule has 0 aliphatic rings. The molecule has 0 aliphatic carbocycles. The summed E-state index contributed by atoms with van der Waals surface area (Å²) in [5.74, 6) is 0.914. The van der Waals surface area contributed by atoms with Crippen LogP contribution in [0.25, 0.3) is 0 Å². The lowest BCUT2D eigenvalue weighted by Gasteiger charge is -2.29. The molecular weight excluding hydrogens is 170 g/mol. The summed E-state index contributed by atoms with van der Waals surface area (Å²) < 4.78 is 0. The zero-order valence-electron chi connectivity index (χ0n) is 10.8. The molecule has 0 N–H and O–H groups in total. The minimum atomic E-state index is 0.704. The topological polar surface area (TPSA) is 3.24 Å². The average molecular weight is 199 g/mol. The zero-order chi connectivity index (χ0) is 11.0. The molecule has 0 aromatic carbocycles. The van der Waals surface area contributed by atoms with E-state index in [1.54, 1.807) is 0 Å². The van der Waals surface area contributed by atoms with Crippen molar-refractivity contribution in [3.63, 3.8) is 0 Å². The van der Waals surface area contributed by atoms with Crippen LogP contribution in [0, 0.1) is 5.92 Å². The maximum Gasteiger partial charge on any atom is 0.00385 e. The van der Waals surface area contributed by atoms with E-state index >= 15 is 0 Å². The molecule has 14 heavy (non-hydrogen) atoms. The third-order valence-corrected chi connectivity index (χ3v) is 3.17. The van der Waals surface area contributed by atoms with Crippen LogP contribution < -0.4 is 0 Å². The lowest BCUT2D eigenvalue weighted by Crippen LogP contribution is -2.35.